The molecule has 0 aliphatic rings. The first-order chi connectivity index (χ1) is 8.76. The molecule has 0 amide bonds. The maximum absolute atomic E-state index is 11.1. The molecule has 0 aromatic heterocycles. The summed E-state index contributed by atoms with van der Waals surface area (Å²) >= 11 is 0. The summed E-state index contributed by atoms with van der Waals surface area (Å²) in [6.45, 7) is 7.87. The summed E-state index contributed by atoms with van der Waals surface area (Å²) in [6.07, 6.45) is 2.34. The van der Waals surface area contributed by atoms with Crippen LogP contribution in [-0.4, -0.2) is 16.6 Å². The van der Waals surface area contributed by atoms with Crippen LogP contribution in [0.25, 0.3) is 0 Å². The van der Waals surface area contributed by atoms with Crippen LogP contribution in [0.4, 0.5) is 0 Å². The Morgan fingerprint density at radius 1 is 1.42 bits per heavy atom. The van der Waals surface area contributed by atoms with E-state index in [4.69, 9.17) is 10.8 Å². The molecule has 0 aliphatic carbocycles. The van der Waals surface area contributed by atoms with Gasteiger partial charge in [0, 0.05) is 0 Å². The fourth-order valence-corrected chi connectivity index (χ4v) is 2.43. The summed E-state index contributed by atoms with van der Waals surface area (Å²) in [5.41, 5.74) is 8.53. The molecule has 19 heavy (non-hydrogen) atoms. The van der Waals surface area contributed by atoms with Crippen LogP contribution in [0.1, 0.15) is 43.4 Å². The molecule has 3 nitrogen and oxygen atoms in total. The van der Waals surface area contributed by atoms with Crippen molar-refractivity contribution >= 4 is 5.97 Å². The lowest BCUT2D eigenvalue weighted by Gasteiger charge is -2.25. The maximum Gasteiger partial charge on any atom is 0.323 e. The van der Waals surface area contributed by atoms with Crippen LogP contribution in [0.2, 0.25) is 0 Å². The lowest BCUT2D eigenvalue weighted by atomic mass is 9.83. The number of carbonyl (C=O) groups is 1. The van der Waals surface area contributed by atoms with Crippen molar-refractivity contribution in [3.05, 3.63) is 34.9 Å². The minimum atomic E-state index is -1.14. The molecule has 3 N–H and O–H groups in total. The SMILES string of the molecule is CCC(Cc1ccc(C)cc1C)CC(C)(N)C(=O)O. The molecule has 0 saturated heterocycles. The van der Waals surface area contributed by atoms with E-state index in [0.717, 1.165) is 12.8 Å². The molecule has 0 saturated carbocycles. The van der Waals surface area contributed by atoms with E-state index >= 15 is 0 Å². The monoisotopic (exact) mass is 263 g/mol. The molecule has 0 radical (unpaired) electrons. The summed E-state index contributed by atoms with van der Waals surface area (Å²) in [6, 6.07) is 6.41. The standard InChI is InChI=1S/C16H25NO2/c1-5-13(10-16(4,17)15(18)19)9-14-7-6-11(2)8-12(14)3/h6-8,13H,5,9-10,17H2,1-4H3,(H,18,19). The van der Waals surface area contributed by atoms with Crippen molar-refractivity contribution in [2.75, 3.05) is 0 Å². The first kappa shape index (κ1) is 15.7. The quantitative estimate of drug-likeness (QED) is 0.829. The molecule has 3 heteroatoms. The van der Waals surface area contributed by atoms with Crippen LogP contribution < -0.4 is 5.73 Å². The van der Waals surface area contributed by atoms with E-state index in [1.807, 2.05) is 0 Å². The zero-order valence-corrected chi connectivity index (χ0v) is 12.4. The summed E-state index contributed by atoms with van der Waals surface area (Å²) < 4.78 is 0. The van der Waals surface area contributed by atoms with Gasteiger partial charge in [-0.3, -0.25) is 4.79 Å². The van der Waals surface area contributed by atoms with E-state index in [0.29, 0.717) is 12.3 Å². The predicted octanol–water partition coefficient (Wildman–Crippen LogP) is 3.06. The van der Waals surface area contributed by atoms with Gasteiger partial charge >= 0.3 is 5.97 Å². The Kier molecular flexibility index (Phi) is 5.12. The summed E-state index contributed by atoms with van der Waals surface area (Å²) in [5, 5.41) is 9.12. The van der Waals surface area contributed by atoms with Gasteiger partial charge in [0.2, 0.25) is 0 Å². The molecule has 2 unspecified atom stereocenters. The van der Waals surface area contributed by atoms with Crippen LogP contribution in [0, 0.1) is 19.8 Å². The smallest absolute Gasteiger partial charge is 0.323 e. The van der Waals surface area contributed by atoms with E-state index in [1.54, 1.807) is 6.92 Å². The number of hydrogen-bond acceptors (Lipinski definition) is 2. The minimum Gasteiger partial charge on any atom is -0.480 e. The molecule has 0 aliphatic heterocycles. The van der Waals surface area contributed by atoms with Gasteiger partial charge in [0.15, 0.2) is 0 Å². The zero-order chi connectivity index (χ0) is 14.6. The molecule has 0 bridgehead atoms. The zero-order valence-electron chi connectivity index (χ0n) is 12.4. The Morgan fingerprint density at radius 2 is 2.05 bits per heavy atom. The van der Waals surface area contributed by atoms with Crippen molar-refractivity contribution < 1.29 is 9.90 Å². The Hall–Kier alpha value is -1.35. The van der Waals surface area contributed by atoms with Crippen molar-refractivity contribution in [2.24, 2.45) is 11.7 Å². The number of nitrogens with two attached hydrogens (primary N) is 1. The first-order valence-electron chi connectivity index (χ1n) is 6.84. The fraction of sp³-hybridized carbons (Fsp3) is 0.562. The Bertz CT molecular complexity index is 452. The van der Waals surface area contributed by atoms with Crippen LogP contribution in [0.15, 0.2) is 18.2 Å². The van der Waals surface area contributed by atoms with Gasteiger partial charge in [-0.05, 0) is 50.7 Å². The first-order valence-corrected chi connectivity index (χ1v) is 6.84. The highest BCUT2D eigenvalue weighted by atomic mass is 16.4. The topological polar surface area (TPSA) is 63.3 Å². The second kappa shape index (κ2) is 6.20. The predicted molar refractivity (Wildman–Crippen MR) is 78.2 cm³/mol. The van der Waals surface area contributed by atoms with Crippen LogP contribution in [0.3, 0.4) is 0 Å². The van der Waals surface area contributed by atoms with Gasteiger partial charge in [0.1, 0.15) is 5.54 Å². The van der Waals surface area contributed by atoms with Crippen molar-refractivity contribution in [3.8, 4) is 0 Å². The van der Waals surface area contributed by atoms with Crippen LogP contribution in [-0.2, 0) is 11.2 Å². The largest absolute Gasteiger partial charge is 0.480 e. The molecule has 1 rings (SSSR count). The van der Waals surface area contributed by atoms with Crippen molar-refractivity contribution in [1.82, 2.24) is 0 Å². The van der Waals surface area contributed by atoms with Gasteiger partial charge in [-0.15, -0.1) is 0 Å². The molecule has 1 aromatic rings. The number of hydrogen-bond donors (Lipinski definition) is 2. The van der Waals surface area contributed by atoms with Crippen LogP contribution in [0.5, 0.6) is 0 Å². The van der Waals surface area contributed by atoms with E-state index in [1.165, 1.54) is 16.7 Å². The normalized spacial score (nSPS) is 15.8. The molecule has 0 fully saturated rings. The summed E-state index contributed by atoms with van der Waals surface area (Å²) in [7, 11) is 0. The number of aryl methyl sites for hydroxylation is 2. The highest BCUT2D eigenvalue weighted by Gasteiger charge is 2.30. The van der Waals surface area contributed by atoms with Gasteiger partial charge in [0.25, 0.3) is 0 Å². The van der Waals surface area contributed by atoms with E-state index in [2.05, 4.69) is 39.0 Å². The molecular formula is C16H25NO2. The summed E-state index contributed by atoms with van der Waals surface area (Å²) in [4.78, 5) is 11.1. The van der Waals surface area contributed by atoms with E-state index in [9.17, 15) is 4.79 Å². The molecule has 1 aromatic carbocycles. The lowest BCUT2D eigenvalue weighted by Crippen LogP contribution is -2.46. The highest BCUT2D eigenvalue weighted by Crippen LogP contribution is 2.24. The number of carboxylic acid groups (broad SMARTS) is 1. The molecule has 0 heterocycles. The average molecular weight is 263 g/mol. The lowest BCUT2D eigenvalue weighted by molar-refractivity contribution is -0.143. The Labute approximate surface area is 115 Å². The minimum absolute atomic E-state index is 0.299. The molecule has 2 atom stereocenters. The molecule has 0 spiro atoms. The highest BCUT2D eigenvalue weighted by molar-refractivity contribution is 5.77. The van der Waals surface area contributed by atoms with Crippen molar-refractivity contribution in [1.29, 1.82) is 0 Å². The number of benzene rings is 1. The number of aliphatic carboxylic acids is 1. The fourth-order valence-electron chi connectivity index (χ4n) is 2.43. The second-order valence-electron chi connectivity index (χ2n) is 5.84. The third-order valence-electron chi connectivity index (χ3n) is 3.79. The van der Waals surface area contributed by atoms with Gasteiger partial charge in [-0.2, -0.15) is 0 Å². The molecular weight excluding hydrogens is 238 g/mol. The Balaban J connectivity index is 2.80. The van der Waals surface area contributed by atoms with E-state index < -0.39 is 11.5 Å². The summed E-state index contributed by atoms with van der Waals surface area (Å²) in [5.74, 6) is -0.626. The third-order valence-corrected chi connectivity index (χ3v) is 3.79. The van der Waals surface area contributed by atoms with Crippen LogP contribution >= 0.6 is 0 Å². The second-order valence-corrected chi connectivity index (χ2v) is 5.84. The molecule has 106 valence electrons. The van der Waals surface area contributed by atoms with Gasteiger partial charge in [0.05, 0.1) is 0 Å². The third kappa shape index (κ3) is 4.35. The Morgan fingerprint density at radius 3 is 2.53 bits per heavy atom. The van der Waals surface area contributed by atoms with Crippen molar-refractivity contribution in [3.63, 3.8) is 0 Å². The van der Waals surface area contributed by atoms with E-state index in [-0.39, 0.29) is 0 Å². The number of rotatable bonds is 6. The van der Waals surface area contributed by atoms with Crippen molar-refractivity contribution in [2.45, 2.75) is 52.5 Å². The average Bonchev–Trinajstić information content (AvgIpc) is 2.31. The van der Waals surface area contributed by atoms with Gasteiger partial charge in [-0.25, -0.2) is 0 Å². The maximum atomic E-state index is 11.1. The van der Waals surface area contributed by atoms with Gasteiger partial charge < -0.3 is 10.8 Å². The number of carboxylic acids is 1. The van der Waals surface area contributed by atoms with Gasteiger partial charge in [-0.1, -0.05) is 37.1 Å².